The number of hydrogen-bond donors (Lipinski definition) is 1. The van der Waals surface area contributed by atoms with E-state index in [9.17, 15) is 4.21 Å². The maximum absolute atomic E-state index is 12.1. The lowest BCUT2D eigenvalue weighted by Gasteiger charge is -2.04. The van der Waals surface area contributed by atoms with E-state index in [2.05, 4.69) is 4.36 Å². The van der Waals surface area contributed by atoms with Crippen LogP contribution in [0.3, 0.4) is 0 Å². The molecule has 0 aliphatic heterocycles. The average Bonchev–Trinajstić information content (AvgIpc) is 2.16. The summed E-state index contributed by atoms with van der Waals surface area (Å²) in [6, 6.07) is 7.05. The van der Waals surface area contributed by atoms with E-state index in [0.717, 1.165) is 11.3 Å². The van der Waals surface area contributed by atoms with Gasteiger partial charge in [0.25, 0.3) is 0 Å². The molecule has 14 heavy (non-hydrogen) atoms. The Bertz CT molecular complexity index is 403. The van der Waals surface area contributed by atoms with E-state index < -0.39 is 9.73 Å². The molecule has 0 aliphatic rings. The zero-order valence-corrected chi connectivity index (χ0v) is 9.38. The second kappa shape index (κ2) is 4.46. The number of nitrogens with zero attached hydrogens (tertiary/aromatic N) is 1. The van der Waals surface area contributed by atoms with Gasteiger partial charge in [-0.05, 0) is 30.7 Å². The van der Waals surface area contributed by atoms with Gasteiger partial charge in [-0.15, -0.1) is 0 Å². The molecule has 0 aliphatic carbocycles. The summed E-state index contributed by atoms with van der Waals surface area (Å²) >= 11 is 0. The Morgan fingerprint density at radius 1 is 1.36 bits per heavy atom. The molecular formula is C10H16N2OS. The smallest absolute Gasteiger partial charge is 0.0723 e. The first kappa shape index (κ1) is 11.0. The first-order valence-electron chi connectivity index (χ1n) is 4.59. The Kier molecular flexibility index (Phi) is 3.52. The Hall–Kier alpha value is -1.03. The Balaban J connectivity index is 3.04. The number of rotatable bonds is 3. The maximum atomic E-state index is 12.1. The molecule has 0 saturated heterocycles. The van der Waals surface area contributed by atoms with E-state index in [0.29, 0.717) is 12.2 Å². The summed E-state index contributed by atoms with van der Waals surface area (Å²) in [5.41, 5.74) is 6.23. The molecule has 0 radical (unpaired) electrons. The van der Waals surface area contributed by atoms with Crippen LogP contribution in [0.4, 0.5) is 5.69 Å². The molecule has 0 saturated carbocycles. The molecule has 1 unspecified atom stereocenters. The highest BCUT2D eigenvalue weighted by molar-refractivity contribution is 7.93. The number of hydrogen-bond acceptors (Lipinski definition) is 3. The van der Waals surface area contributed by atoms with Gasteiger partial charge in [-0.1, -0.05) is 6.92 Å². The highest BCUT2D eigenvalue weighted by Gasteiger charge is 2.03. The molecule has 1 aromatic carbocycles. The second-order valence-electron chi connectivity index (χ2n) is 3.22. The van der Waals surface area contributed by atoms with Crippen molar-refractivity contribution in [3.63, 3.8) is 0 Å². The van der Waals surface area contributed by atoms with Gasteiger partial charge in [0.05, 0.1) is 9.73 Å². The van der Waals surface area contributed by atoms with E-state index in [1.54, 1.807) is 30.5 Å². The maximum Gasteiger partial charge on any atom is 0.0723 e. The minimum absolute atomic E-state index is 0.639. The molecule has 0 spiro atoms. The molecule has 1 aromatic rings. The molecule has 0 heterocycles. The first-order valence-corrected chi connectivity index (χ1v) is 6.52. The van der Waals surface area contributed by atoms with E-state index in [1.165, 1.54) is 0 Å². The third kappa shape index (κ3) is 2.73. The molecule has 4 heteroatoms. The van der Waals surface area contributed by atoms with E-state index >= 15 is 0 Å². The highest BCUT2D eigenvalue weighted by Crippen LogP contribution is 2.13. The van der Waals surface area contributed by atoms with Crippen molar-refractivity contribution in [1.29, 1.82) is 0 Å². The molecule has 3 nitrogen and oxygen atoms in total. The molecule has 2 N–H and O–H groups in total. The monoisotopic (exact) mass is 212 g/mol. The van der Waals surface area contributed by atoms with Crippen molar-refractivity contribution >= 4 is 15.4 Å². The Labute approximate surface area is 85.5 Å². The third-order valence-electron chi connectivity index (χ3n) is 1.88. The molecule has 0 bridgehead atoms. The SMILES string of the molecule is CCCN=S(C)(=O)c1ccc(N)cc1. The largest absolute Gasteiger partial charge is 0.399 e. The molecule has 0 amide bonds. The number of nitrogen functional groups attached to an aromatic ring is 1. The lowest BCUT2D eigenvalue weighted by atomic mass is 10.3. The molecule has 0 aromatic heterocycles. The van der Waals surface area contributed by atoms with Gasteiger partial charge < -0.3 is 5.73 Å². The fourth-order valence-electron chi connectivity index (χ4n) is 1.06. The van der Waals surface area contributed by atoms with Crippen LogP contribution < -0.4 is 5.73 Å². The average molecular weight is 212 g/mol. The third-order valence-corrected chi connectivity index (χ3v) is 3.70. The Morgan fingerprint density at radius 2 is 1.93 bits per heavy atom. The van der Waals surface area contributed by atoms with Crippen LogP contribution in [0.1, 0.15) is 13.3 Å². The van der Waals surface area contributed by atoms with Crippen LogP contribution in [0.2, 0.25) is 0 Å². The first-order chi connectivity index (χ1) is 6.56. The Morgan fingerprint density at radius 3 is 2.43 bits per heavy atom. The van der Waals surface area contributed by atoms with Crippen molar-refractivity contribution in [2.45, 2.75) is 18.2 Å². The highest BCUT2D eigenvalue weighted by atomic mass is 32.2. The van der Waals surface area contributed by atoms with Crippen molar-refractivity contribution in [2.24, 2.45) is 4.36 Å². The van der Waals surface area contributed by atoms with Crippen LogP contribution in [0.25, 0.3) is 0 Å². The van der Waals surface area contributed by atoms with Crippen molar-refractivity contribution in [3.05, 3.63) is 24.3 Å². The number of benzene rings is 1. The van der Waals surface area contributed by atoms with Crippen LogP contribution in [-0.2, 0) is 9.73 Å². The predicted molar refractivity (Wildman–Crippen MR) is 60.8 cm³/mol. The zero-order valence-electron chi connectivity index (χ0n) is 8.56. The lowest BCUT2D eigenvalue weighted by Crippen LogP contribution is -1.99. The normalized spacial score (nSPS) is 14.7. The fraction of sp³-hybridized carbons (Fsp3) is 0.400. The van der Waals surface area contributed by atoms with E-state index in [-0.39, 0.29) is 0 Å². The second-order valence-corrected chi connectivity index (χ2v) is 5.56. The van der Waals surface area contributed by atoms with Crippen LogP contribution in [-0.4, -0.2) is 17.0 Å². The fourth-order valence-corrected chi connectivity index (χ4v) is 2.38. The molecule has 0 fully saturated rings. The van der Waals surface area contributed by atoms with E-state index in [1.807, 2.05) is 6.92 Å². The van der Waals surface area contributed by atoms with Gasteiger partial charge in [-0.25, -0.2) is 8.57 Å². The lowest BCUT2D eigenvalue weighted by molar-refractivity contribution is 0.678. The minimum Gasteiger partial charge on any atom is -0.399 e. The van der Waals surface area contributed by atoms with Crippen molar-refractivity contribution < 1.29 is 4.21 Å². The molecule has 78 valence electrons. The van der Waals surface area contributed by atoms with Crippen LogP contribution >= 0.6 is 0 Å². The van der Waals surface area contributed by atoms with Gasteiger partial charge >= 0.3 is 0 Å². The van der Waals surface area contributed by atoms with Gasteiger partial charge in [0.1, 0.15) is 0 Å². The number of anilines is 1. The predicted octanol–water partition coefficient (Wildman–Crippen LogP) is 2.14. The zero-order chi connectivity index (χ0) is 10.6. The van der Waals surface area contributed by atoms with Gasteiger partial charge in [0, 0.05) is 23.4 Å². The van der Waals surface area contributed by atoms with Crippen LogP contribution in [0, 0.1) is 0 Å². The van der Waals surface area contributed by atoms with Crippen LogP contribution in [0.15, 0.2) is 33.5 Å². The molecule has 1 atom stereocenters. The summed E-state index contributed by atoms with van der Waals surface area (Å²) in [7, 11) is -2.22. The quantitative estimate of drug-likeness (QED) is 0.780. The molecular weight excluding hydrogens is 196 g/mol. The van der Waals surface area contributed by atoms with Gasteiger partial charge in [0.15, 0.2) is 0 Å². The minimum atomic E-state index is -2.22. The summed E-state index contributed by atoms with van der Waals surface area (Å²) in [6.07, 6.45) is 2.58. The van der Waals surface area contributed by atoms with Crippen molar-refractivity contribution in [2.75, 3.05) is 18.5 Å². The van der Waals surface area contributed by atoms with Gasteiger partial charge in [0.2, 0.25) is 0 Å². The standard InChI is InChI=1S/C10H16N2OS/c1-3-8-12-14(2,13)10-6-4-9(11)5-7-10/h4-7H,3,8,11H2,1-2H3. The van der Waals surface area contributed by atoms with Gasteiger partial charge in [-0.3, -0.25) is 0 Å². The summed E-state index contributed by atoms with van der Waals surface area (Å²) in [5.74, 6) is 0. The summed E-state index contributed by atoms with van der Waals surface area (Å²) in [4.78, 5) is 0.750. The summed E-state index contributed by atoms with van der Waals surface area (Å²) in [5, 5.41) is 0. The van der Waals surface area contributed by atoms with Gasteiger partial charge in [-0.2, -0.15) is 0 Å². The molecule has 1 rings (SSSR count). The van der Waals surface area contributed by atoms with Crippen LogP contribution in [0.5, 0.6) is 0 Å². The van der Waals surface area contributed by atoms with E-state index in [4.69, 9.17) is 5.73 Å². The summed E-state index contributed by atoms with van der Waals surface area (Å²) < 4.78 is 16.2. The van der Waals surface area contributed by atoms with Crippen molar-refractivity contribution in [3.8, 4) is 0 Å². The van der Waals surface area contributed by atoms with Crippen molar-refractivity contribution in [1.82, 2.24) is 0 Å². The number of nitrogens with two attached hydrogens (primary N) is 1. The summed E-state index contributed by atoms with van der Waals surface area (Å²) in [6.45, 7) is 2.65. The topological polar surface area (TPSA) is 55.5 Å².